The number of benzene rings is 2. The predicted molar refractivity (Wildman–Crippen MR) is 123 cm³/mol. The fourth-order valence-electron chi connectivity index (χ4n) is 4.08. The maximum atomic E-state index is 13.4. The second-order valence-corrected chi connectivity index (χ2v) is 9.05. The largest absolute Gasteiger partial charge is 0.444 e. The van der Waals surface area contributed by atoms with E-state index < -0.39 is 6.09 Å². The number of imidazole rings is 1. The molecule has 0 spiro atoms. The summed E-state index contributed by atoms with van der Waals surface area (Å²) in [7, 11) is 0. The minimum absolute atomic E-state index is 0.158. The summed E-state index contributed by atoms with van der Waals surface area (Å²) in [6.07, 6.45) is 2.83. The number of carbonyl (C=O) groups excluding carboxylic acids is 1. The van der Waals surface area contributed by atoms with Gasteiger partial charge in [0.2, 0.25) is 0 Å². The fraction of sp³-hybridized carbons (Fsp3) is 0.292. The summed E-state index contributed by atoms with van der Waals surface area (Å²) in [6, 6.07) is 10.6. The molecule has 0 radical (unpaired) electrons. The third-order valence-electron chi connectivity index (χ3n) is 5.72. The molecule has 2 aromatic carbocycles. The van der Waals surface area contributed by atoms with E-state index in [1.807, 2.05) is 26.0 Å². The third-order valence-corrected chi connectivity index (χ3v) is 6.83. The molecule has 0 atom stereocenters. The smallest absolute Gasteiger partial charge is 0.412 e. The first-order chi connectivity index (χ1) is 15.5. The molecule has 3 heterocycles. The molecule has 0 aliphatic carbocycles. The van der Waals surface area contributed by atoms with Crippen molar-refractivity contribution in [3.8, 4) is 10.6 Å². The van der Waals surface area contributed by atoms with Gasteiger partial charge >= 0.3 is 6.09 Å². The van der Waals surface area contributed by atoms with E-state index in [0.29, 0.717) is 10.7 Å². The van der Waals surface area contributed by atoms with Crippen LogP contribution in [0.4, 0.5) is 14.2 Å². The highest BCUT2D eigenvalue weighted by Crippen LogP contribution is 2.34. The van der Waals surface area contributed by atoms with Crippen LogP contribution < -0.4 is 5.32 Å². The maximum absolute atomic E-state index is 13.4. The molecule has 1 N–H and O–H groups in total. The van der Waals surface area contributed by atoms with Crippen molar-refractivity contribution in [2.24, 2.45) is 0 Å². The van der Waals surface area contributed by atoms with E-state index in [2.05, 4.69) is 20.9 Å². The van der Waals surface area contributed by atoms with Gasteiger partial charge in [0.1, 0.15) is 28.3 Å². The Bertz CT molecular complexity index is 1330. The van der Waals surface area contributed by atoms with Crippen LogP contribution in [0.1, 0.15) is 35.5 Å². The van der Waals surface area contributed by atoms with Crippen molar-refractivity contribution in [2.45, 2.75) is 46.3 Å². The number of carbonyl (C=O) groups is 1. The normalized spacial score (nSPS) is 13.2. The van der Waals surface area contributed by atoms with Crippen LogP contribution in [0.3, 0.4) is 0 Å². The van der Waals surface area contributed by atoms with Crippen LogP contribution in [0.2, 0.25) is 0 Å². The van der Waals surface area contributed by atoms with E-state index in [1.165, 1.54) is 36.3 Å². The molecule has 4 aromatic rings. The predicted octanol–water partition coefficient (Wildman–Crippen LogP) is 6.00. The Hall–Kier alpha value is -3.26. The number of aryl methyl sites for hydroxylation is 4. The average Bonchev–Trinajstić information content (AvgIpc) is 3.32. The molecule has 0 saturated heterocycles. The average molecular weight is 451 g/mol. The van der Waals surface area contributed by atoms with Crippen molar-refractivity contribution >= 4 is 33.5 Å². The zero-order valence-corrected chi connectivity index (χ0v) is 18.8. The van der Waals surface area contributed by atoms with Crippen molar-refractivity contribution < 1.29 is 13.9 Å². The van der Waals surface area contributed by atoms with Gasteiger partial charge < -0.3 is 9.30 Å². The fourth-order valence-corrected chi connectivity index (χ4v) is 5.12. The Labute approximate surface area is 189 Å². The molecule has 0 bridgehead atoms. The molecular formula is C24H23FN4O2S. The van der Waals surface area contributed by atoms with Crippen molar-refractivity contribution in [1.29, 1.82) is 0 Å². The quantitative estimate of drug-likeness (QED) is 0.414. The van der Waals surface area contributed by atoms with Crippen LogP contribution in [0.25, 0.3) is 21.6 Å². The SMILES string of the molecule is Cc1cc(F)ccc1-c1nc(C)c(NC(=O)OCc2ccc3c(c2)nc2n3CCCC2)s1. The lowest BCUT2D eigenvalue weighted by Gasteiger charge is -2.13. The Morgan fingerprint density at radius 1 is 1.19 bits per heavy atom. The lowest BCUT2D eigenvalue weighted by molar-refractivity contribution is 0.155. The van der Waals surface area contributed by atoms with Gasteiger partial charge in [0, 0.05) is 18.5 Å². The van der Waals surface area contributed by atoms with Gasteiger partial charge in [-0.05, 0) is 68.1 Å². The second-order valence-electron chi connectivity index (χ2n) is 8.05. The zero-order valence-electron chi connectivity index (χ0n) is 17.9. The summed E-state index contributed by atoms with van der Waals surface area (Å²) >= 11 is 1.34. The minimum atomic E-state index is -0.539. The number of hydrogen-bond acceptors (Lipinski definition) is 5. The van der Waals surface area contributed by atoms with Crippen LogP contribution in [-0.2, 0) is 24.3 Å². The molecule has 2 aromatic heterocycles. The number of ether oxygens (including phenoxy) is 1. The Morgan fingerprint density at radius 3 is 2.91 bits per heavy atom. The standard InChI is InChI=1S/C24H23FN4O2S/c1-14-11-17(25)7-8-18(14)23-26-15(2)22(32-23)28-24(30)31-13-16-6-9-20-19(12-16)27-21-5-3-4-10-29(20)21/h6-9,11-12H,3-5,10,13H2,1-2H3,(H,28,30). The van der Waals surface area contributed by atoms with Crippen LogP contribution in [0.5, 0.6) is 0 Å². The number of thiazole rings is 1. The van der Waals surface area contributed by atoms with Crippen LogP contribution in [-0.4, -0.2) is 20.6 Å². The highest BCUT2D eigenvalue weighted by Gasteiger charge is 2.16. The molecule has 164 valence electrons. The topological polar surface area (TPSA) is 69.0 Å². The van der Waals surface area contributed by atoms with Gasteiger partial charge in [-0.2, -0.15) is 0 Å². The zero-order chi connectivity index (χ0) is 22.2. The summed E-state index contributed by atoms with van der Waals surface area (Å²) in [6.45, 7) is 4.83. The first-order valence-corrected chi connectivity index (χ1v) is 11.5. The number of fused-ring (bicyclic) bond motifs is 3. The Kier molecular flexibility index (Phi) is 5.38. The van der Waals surface area contributed by atoms with Crippen LogP contribution in [0, 0.1) is 19.7 Å². The van der Waals surface area contributed by atoms with Gasteiger partial charge in [0.15, 0.2) is 0 Å². The Balaban J connectivity index is 1.26. The molecule has 8 heteroatoms. The van der Waals surface area contributed by atoms with Gasteiger partial charge in [-0.3, -0.25) is 5.32 Å². The van der Waals surface area contributed by atoms with E-state index in [4.69, 9.17) is 9.72 Å². The summed E-state index contributed by atoms with van der Waals surface area (Å²) in [5, 5.41) is 4.12. The number of hydrogen-bond donors (Lipinski definition) is 1. The number of nitrogens with one attached hydrogen (secondary N) is 1. The summed E-state index contributed by atoms with van der Waals surface area (Å²) in [4.78, 5) is 21.7. The molecule has 1 aliphatic rings. The van der Waals surface area contributed by atoms with E-state index in [1.54, 1.807) is 6.07 Å². The second kappa shape index (κ2) is 8.35. The van der Waals surface area contributed by atoms with E-state index >= 15 is 0 Å². The summed E-state index contributed by atoms with van der Waals surface area (Å²) < 4.78 is 21.1. The monoisotopic (exact) mass is 450 g/mol. The number of nitrogens with zero attached hydrogens (tertiary/aromatic N) is 3. The number of aromatic nitrogens is 3. The highest BCUT2D eigenvalue weighted by molar-refractivity contribution is 7.19. The number of amides is 1. The molecule has 6 nitrogen and oxygen atoms in total. The van der Waals surface area contributed by atoms with Crippen molar-refractivity contribution in [2.75, 3.05) is 5.32 Å². The molecule has 0 saturated carbocycles. The first kappa shape index (κ1) is 20.6. The molecular weight excluding hydrogens is 427 g/mol. The lowest BCUT2D eigenvalue weighted by atomic mass is 10.1. The molecule has 5 rings (SSSR count). The molecule has 0 unspecified atom stereocenters. The summed E-state index contributed by atoms with van der Waals surface area (Å²) in [5.41, 5.74) is 5.31. The van der Waals surface area contributed by atoms with Gasteiger partial charge in [-0.25, -0.2) is 19.2 Å². The first-order valence-electron chi connectivity index (χ1n) is 10.6. The summed E-state index contributed by atoms with van der Waals surface area (Å²) in [5.74, 6) is 0.852. The third kappa shape index (κ3) is 3.98. The van der Waals surface area contributed by atoms with E-state index in [0.717, 1.165) is 51.5 Å². The van der Waals surface area contributed by atoms with Gasteiger partial charge in [0.05, 0.1) is 16.7 Å². The minimum Gasteiger partial charge on any atom is -0.444 e. The molecule has 1 amide bonds. The number of anilines is 1. The van der Waals surface area contributed by atoms with E-state index in [-0.39, 0.29) is 12.4 Å². The van der Waals surface area contributed by atoms with Gasteiger partial charge in [0.25, 0.3) is 0 Å². The van der Waals surface area contributed by atoms with Crippen molar-refractivity contribution in [3.05, 3.63) is 64.9 Å². The lowest BCUT2D eigenvalue weighted by Crippen LogP contribution is -2.13. The maximum Gasteiger partial charge on any atom is 0.412 e. The number of rotatable bonds is 4. The van der Waals surface area contributed by atoms with Crippen molar-refractivity contribution in [1.82, 2.24) is 14.5 Å². The van der Waals surface area contributed by atoms with Crippen LogP contribution in [0.15, 0.2) is 36.4 Å². The van der Waals surface area contributed by atoms with Gasteiger partial charge in [-0.1, -0.05) is 17.4 Å². The van der Waals surface area contributed by atoms with Crippen LogP contribution >= 0.6 is 11.3 Å². The molecule has 32 heavy (non-hydrogen) atoms. The number of halogens is 1. The van der Waals surface area contributed by atoms with Crippen molar-refractivity contribution in [3.63, 3.8) is 0 Å². The molecule has 0 fully saturated rings. The highest BCUT2D eigenvalue weighted by atomic mass is 32.1. The van der Waals surface area contributed by atoms with Gasteiger partial charge in [-0.15, -0.1) is 0 Å². The Morgan fingerprint density at radius 2 is 2.06 bits per heavy atom. The molecule has 1 aliphatic heterocycles. The van der Waals surface area contributed by atoms with E-state index in [9.17, 15) is 9.18 Å².